The second-order valence-electron chi connectivity index (χ2n) is 7.53. The molecule has 0 aliphatic rings. The van der Waals surface area contributed by atoms with Crippen LogP contribution in [0.3, 0.4) is 0 Å². The first-order valence-electron chi connectivity index (χ1n) is 10.4. The zero-order valence-corrected chi connectivity index (χ0v) is 17.9. The Morgan fingerprint density at radius 2 is 1.84 bits per heavy atom. The Balaban J connectivity index is 1.55. The Hall–Kier alpha value is -4.13. The number of nitrogens with one attached hydrogen (secondary N) is 2. The van der Waals surface area contributed by atoms with E-state index in [0.29, 0.717) is 35.0 Å². The Morgan fingerprint density at radius 1 is 1.00 bits per heavy atom. The SMILES string of the molecule is COc1ccc(OC)c(-c2nc3c([nH]2)c(=N)ncn3CCc2cccc3ccccc23)c1. The molecule has 0 saturated heterocycles. The van der Waals surface area contributed by atoms with Crippen molar-refractivity contribution >= 4 is 21.9 Å². The van der Waals surface area contributed by atoms with Gasteiger partial charge in [-0.3, -0.25) is 5.41 Å². The van der Waals surface area contributed by atoms with Crippen molar-refractivity contribution in [2.45, 2.75) is 13.0 Å². The number of hydrogen-bond donors (Lipinski definition) is 2. The zero-order valence-electron chi connectivity index (χ0n) is 17.9. The summed E-state index contributed by atoms with van der Waals surface area (Å²) in [5, 5.41) is 10.7. The molecule has 0 amide bonds. The zero-order chi connectivity index (χ0) is 22.1. The molecular formula is C25H23N5O2. The molecule has 0 aliphatic heterocycles. The minimum absolute atomic E-state index is 0.155. The van der Waals surface area contributed by atoms with Gasteiger partial charge in [-0.05, 0) is 41.0 Å². The quantitative estimate of drug-likeness (QED) is 0.424. The number of benzene rings is 3. The van der Waals surface area contributed by atoms with Gasteiger partial charge in [-0.25, -0.2) is 9.97 Å². The molecule has 0 bridgehead atoms. The standard InChI is InChI=1S/C25H23N5O2/c1-31-18-10-11-21(32-2)20(14-18)24-28-22-23(26)27-15-30(25(22)29-24)13-12-17-8-5-7-16-6-3-4-9-19(16)17/h3-11,14-15,26H,12-13H2,1-2H3,(H,28,29). The van der Waals surface area contributed by atoms with Gasteiger partial charge in [-0.1, -0.05) is 42.5 Å². The molecule has 3 aromatic carbocycles. The Labute approximate surface area is 184 Å². The first-order valence-corrected chi connectivity index (χ1v) is 10.4. The summed E-state index contributed by atoms with van der Waals surface area (Å²) in [4.78, 5) is 12.3. The van der Waals surface area contributed by atoms with Crippen LogP contribution in [0.15, 0.2) is 67.0 Å². The van der Waals surface area contributed by atoms with Crippen LogP contribution in [-0.2, 0) is 13.0 Å². The van der Waals surface area contributed by atoms with Crippen molar-refractivity contribution < 1.29 is 9.47 Å². The Morgan fingerprint density at radius 3 is 2.69 bits per heavy atom. The third-order valence-electron chi connectivity index (χ3n) is 5.68. The fourth-order valence-electron chi connectivity index (χ4n) is 4.03. The van der Waals surface area contributed by atoms with Crippen LogP contribution in [0.2, 0.25) is 0 Å². The number of ether oxygens (including phenoxy) is 2. The highest BCUT2D eigenvalue weighted by atomic mass is 16.5. The number of aromatic nitrogens is 4. The van der Waals surface area contributed by atoms with Gasteiger partial charge in [0.2, 0.25) is 0 Å². The molecule has 0 atom stereocenters. The van der Waals surface area contributed by atoms with Gasteiger partial charge in [0.05, 0.1) is 26.1 Å². The summed E-state index contributed by atoms with van der Waals surface area (Å²) >= 11 is 0. The van der Waals surface area contributed by atoms with Gasteiger partial charge in [0, 0.05) is 6.54 Å². The second-order valence-corrected chi connectivity index (χ2v) is 7.53. The average molecular weight is 425 g/mol. The molecule has 32 heavy (non-hydrogen) atoms. The van der Waals surface area contributed by atoms with E-state index >= 15 is 0 Å². The van der Waals surface area contributed by atoms with E-state index in [0.717, 1.165) is 12.0 Å². The number of hydrogen-bond acceptors (Lipinski definition) is 5. The van der Waals surface area contributed by atoms with Crippen LogP contribution >= 0.6 is 0 Å². The van der Waals surface area contributed by atoms with E-state index in [2.05, 4.69) is 52.4 Å². The normalized spacial score (nSPS) is 11.2. The Kier molecular flexibility index (Phi) is 5.07. The van der Waals surface area contributed by atoms with Crippen molar-refractivity contribution in [1.29, 1.82) is 5.41 Å². The van der Waals surface area contributed by atoms with Crippen LogP contribution in [0.1, 0.15) is 5.56 Å². The predicted octanol–water partition coefficient (Wildman–Crippen LogP) is 4.32. The van der Waals surface area contributed by atoms with Crippen LogP contribution in [-0.4, -0.2) is 33.7 Å². The van der Waals surface area contributed by atoms with Crippen molar-refractivity contribution in [2.75, 3.05) is 14.2 Å². The summed E-state index contributed by atoms with van der Waals surface area (Å²) in [6, 6.07) is 20.3. The maximum atomic E-state index is 8.27. The van der Waals surface area contributed by atoms with Crippen molar-refractivity contribution in [3.05, 3.63) is 78.0 Å². The maximum Gasteiger partial charge on any atom is 0.173 e. The van der Waals surface area contributed by atoms with Gasteiger partial charge >= 0.3 is 0 Å². The summed E-state index contributed by atoms with van der Waals surface area (Å²) in [7, 11) is 3.24. The molecule has 0 radical (unpaired) electrons. The predicted molar refractivity (Wildman–Crippen MR) is 124 cm³/mol. The number of aryl methyl sites for hydroxylation is 2. The lowest BCUT2D eigenvalue weighted by Crippen LogP contribution is -2.13. The molecule has 5 rings (SSSR count). The van der Waals surface area contributed by atoms with Crippen molar-refractivity contribution in [2.24, 2.45) is 0 Å². The third-order valence-corrected chi connectivity index (χ3v) is 5.68. The molecule has 0 spiro atoms. The summed E-state index contributed by atoms with van der Waals surface area (Å²) in [5.74, 6) is 1.98. The van der Waals surface area contributed by atoms with Crippen LogP contribution in [0.25, 0.3) is 33.3 Å². The van der Waals surface area contributed by atoms with Gasteiger partial charge in [0.15, 0.2) is 11.1 Å². The van der Waals surface area contributed by atoms with E-state index < -0.39 is 0 Å². The van der Waals surface area contributed by atoms with Crippen molar-refractivity contribution in [1.82, 2.24) is 19.5 Å². The van der Waals surface area contributed by atoms with Gasteiger partial charge in [0.1, 0.15) is 22.8 Å². The first kappa shape index (κ1) is 19.8. The number of fused-ring (bicyclic) bond motifs is 2. The van der Waals surface area contributed by atoms with Crippen molar-refractivity contribution in [3.63, 3.8) is 0 Å². The highest BCUT2D eigenvalue weighted by Gasteiger charge is 2.15. The van der Waals surface area contributed by atoms with E-state index in [1.165, 1.54) is 16.3 Å². The number of methoxy groups -OCH3 is 2. The molecule has 5 aromatic rings. The molecule has 2 aromatic heterocycles. The molecule has 0 aliphatic carbocycles. The smallest absolute Gasteiger partial charge is 0.173 e. The monoisotopic (exact) mass is 425 g/mol. The molecule has 2 heterocycles. The van der Waals surface area contributed by atoms with E-state index in [9.17, 15) is 0 Å². The lowest BCUT2D eigenvalue weighted by Gasteiger charge is -2.09. The molecule has 160 valence electrons. The molecule has 7 nitrogen and oxygen atoms in total. The fraction of sp³-hybridized carbons (Fsp3) is 0.160. The third kappa shape index (κ3) is 3.47. The number of aromatic amines is 1. The summed E-state index contributed by atoms with van der Waals surface area (Å²) in [6.07, 6.45) is 2.51. The molecule has 2 N–H and O–H groups in total. The maximum absolute atomic E-state index is 8.27. The number of H-pyrrole nitrogens is 1. The lowest BCUT2D eigenvalue weighted by atomic mass is 10.0. The molecule has 0 fully saturated rings. The molecule has 0 unspecified atom stereocenters. The topological polar surface area (TPSA) is 88.8 Å². The molecular weight excluding hydrogens is 402 g/mol. The van der Waals surface area contributed by atoms with E-state index in [-0.39, 0.29) is 5.49 Å². The van der Waals surface area contributed by atoms with Gasteiger partial charge in [0.25, 0.3) is 0 Å². The van der Waals surface area contributed by atoms with Gasteiger partial charge < -0.3 is 19.0 Å². The summed E-state index contributed by atoms with van der Waals surface area (Å²) in [5.41, 5.74) is 3.46. The van der Waals surface area contributed by atoms with Gasteiger partial charge in [-0.15, -0.1) is 0 Å². The number of nitrogens with zero attached hydrogens (tertiary/aromatic N) is 3. The van der Waals surface area contributed by atoms with E-state index in [4.69, 9.17) is 19.9 Å². The van der Waals surface area contributed by atoms with Gasteiger partial charge in [-0.2, -0.15) is 0 Å². The highest BCUT2D eigenvalue weighted by Crippen LogP contribution is 2.32. The van der Waals surface area contributed by atoms with E-state index in [1.807, 2.05) is 22.8 Å². The lowest BCUT2D eigenvalue weighted by molar-refractivity contribution is 0.404. The molecule has 0 saturated carbocycles. The first-order chi connectivity index (χ1) is 15.7. The highest BCUT2D eigenvalue weighted by molar-refractivity contribution is 5.85. The van der Waals surface area contributed by atoms with Crippen molar-refractivity contribution in [3.8, 4) is 22.9 Å². The number of imidazole rings is 1. The van der Waals surface area contributed by atoms with E-state index in [1.54, 1.807) is 20.5 Å². The van der Waals surface area contributed by atoms with Crippen LogP contribution in [0, 0.1) is 5.41 Å². The molecule has 7 heteroatoms. The van der Waals surface area contributed by atoms with Crippen LogP contribution in [0.4, 0.5) is 0 Å². The summed E-state index contributed by atoms with van der Waals surface area (Å²) in [6.45, 7) is 0.692. The fourth-order valence-corrected chi connectivity index (χ4v) is 4.03. The summed E-state index contributed by atoms with van der Waals surface area (Å²) < 4.78 is 12.9. The van der Waals surface area contributed by atoms with Crippen LogP contribution in [0.5, 0.6) is 11.5 Å². The average Bonchev–Trinajstić information content (AvgIpc) is 3.30. The van der Waals surface area contributed by atoms with Crippen LogP contribution < -0.4 is 15.0 Å². The number of rotatable bonds is 6. The largest absolute Gasteiger partial charge is 0.497 e. The second kappa shape index (κ2) is 8.19. The minimum atomic E-state index is 0.155. The minimum Gasteiger partial charge on any atom is -0.497 e. The Bertz CT molecular complexity index is 1480.